The normalized spacial score (nSPS) is 11.8. The van der Waals surface area contributed by atoms with Gasteiger partial charge < -0.3 is 14.3 Å². The fourth-order valence-electron chi connectivity index (χ4n) is 2.10. The summed E-state index contributed by atoms with van der Waals surface area (Å²) in [5, 5.41) is 5.79. The maximum absolute atomic E-state index is 12.3. The van der Waals surface area contributed by atoms with Gasteiger partial charge in [-0.3, -0.25) is 4.79 Å². The molecule has 1 amide bonds. The number of nitrogens with zero attached hydrogens (tertiary/aromatic N) is 2. The number of aromatic nitrogens is 2. The van der Waals surface area contributed by atoms with Crippen molar-refractivity contribution in [2.24, 2.45) is 0 Å². The summed E-state index contributed by atoms with van der Waals surface area (Å²) in [7, 11) is 0. The molecule has 23 heavy (non-hydrogen) atoms. The van der Waals surface area contributed by atoms with Gasteiger partial charge in [0.05, 0.1) is 22.9 Å². The molecule has 0 aliphatic rings. The molecule has 3 aromatic heterocycles. The van der Waals surface area contributed by atoms with Crippen LogP contribution in [0, 0.1) is 6.92 Å². The predicted octanol–water partition coefficient (Wildman–Crippen LogP) is 3.08. The number of hydrogen-bond donors (Lipinski definition) is 1. The molecule has 0 bridgehead atoms. The molecule has 0 unspecified atom stereocenters. The number of hydrogen-bond acceptors (Lipinski definition) is 5. The molecule has 0 atom stereocenters. The minimum atomic E-state index is -4.50. The number of nitrogens with one attached hydrogen (secondary N) is 1. The maximum atomic E-state index is 12.3. The van der Waals surface area contributed by atoms with Crippen LogP contribution in [0.1, 0.15) is 16.1 Å². The number of aryl methyl sites for hydroxylation is 1. The molecule has 0 radical (unpaired) electrons. The zero-order valence-corrected chi connectivity index (χ0v) is 11.8. The van der Waals surface area contributed by atoms with Crippen LogP contribution in [0.25, 0.3) is 22.6 Å². The molecule has 0 saturated heterocycles. The number of rotatable bonds is 3. The summed E-state index contributed by atoms with van der Waals surface area (Å²) in [6, 6.07) is 4.57. The topological polar surface area (TPSA) is 81.2 Å². The van der Waals surface area contributed by atoms with E-state index in [4.69, 9.17) is 8.94 Å². The lowest BCUT2D eigenvalue weighted by Gasteiger charge is -2.09. The van der Waals surface area contributed by atoms with Crippen molar-refractivity contribution in [2.45, 2.75) is 13.1 Å². The summed E-state index contributed by atoms with van der Waals surface area (Å²) in [6.45, 7) is 0.136. The van der Waals surface area contributed by atoms with Crippen molar-refractivity contribution in [1.29, 1.82) is 0 Å². The number of pyridine rings is 1. The molecule has 0 saturated carbocycles. The molecule has 0 aliphatic carbocycles. The van der Waals surface area contributed by atoms with Gasteiger partial charge in [0.25, 0.3) is 11.6 Å². The van der Waals surface area contributed by atoms with E-state index in [0.29, 0.717) is 11.5 Å². The SMILES string of the molecule is Cc1noc2nc(-c3ccco3)cc(C(=O)NCC(F)(F)F)c12. The van der Waals surface area contributed by atoms with Gasteiger partial charge in [-0.1, -0.05) is 5.16 Å². The Labute approximate surface area is 127 Å². The molecule has 1 N–H and O–H groups in total. The van der Waals surface area contributed by atoms with Crippen LogP contribution in [0.5, 0.6) is 0 Å². The van der Waals surface area contributed by atoms with Crippen molar-refractivity contribution < 1.29 is 26.9 Å². The molecule has 120 valence electrons. The molecule has 0 aromatic carbocycles. The quantitative estimate of drug-likeness (QED) is 0.800. The third-order valence-corrected chi connectivity index (χ3v) is 3.08. The van der Waals surface area contributed by atoms with Gasteiger partial charge in [-0.05, 0) is 25.1 Å². The lowest BCUT2D eigenvalue weighted by molar-refractivity contribution is -0.123. The number of fused-ring (bicyclic) bond motifs is 1. The second-order valence-electron chi connectivity index (χ2n) is 4.78. The standard InChI is InChI=1S/C14H10F3N3O3/c1-7-11-8(12(21)18-6-14(15,16)17)5-9(10-3-2-4-22-10)19-13(11)23-20-7/h2-5H,6H2,1H3,(H,18,21). The Morgan fingerprint density at radius 1 is 1.39 bits per heavy atom. The van der Waals surface area contributed by atoms with Crippen molar-refractivity contribution in [3.8, 4) is 11.5 Å². The third kappa shape index (κ3) is 3.03. The van der Waals surface area contributed by atoms with Gasteiger partial charge in [0.2, 0.25) is 0 Å². The van der Waals surface area contributed by atoms with Crippen molar-refractivity contribution in [2.75, 3.05) is 6.54 Å². The van der Waals surface area contributed by atoms with Crippen LogP contribution in [0.4, 0.5) is 13.2 Å². The minimum Gasteiger partial charge on any atom is -0.463 e. The van der Waals surface area contributed by atoms with Crippen molar-refractivity contribution in [3.63, 3.8) is 0 Å². The van der Waals surface area contributed by atoms with Crippen molar-refractivity contribution in [1.82, 2.24) is 15.5 Å². The van der Waals surface area contributed by atoms with E-state index in [-0.39, 0.29) is 22.4 Å². The summed E-state index contributed by atoms with van der Waals surface area (Å²) in [5.74, 6) is -0.542. The lowest BCUT2D eigenvalue weighted by atomic mass is 10.1. The van der Waals surface area contributed by atoms with Crippen LogP contribution in [-0.2, 0) is 0 Å². The molecule has 3 heterocycles. The molecular weight excluding hydrogens is 315 g/mol. The fourth-order valence-corrected chi connectivity index (χ4v) is 2.10. The molecule has 6 nitrogen and oxygen atoms in total. The van der Waals surface area contributed by atoms with Crippen LogP contribution in [0.15, 0.2) is 33.4 Å². The number of furan rings is 1. The zero-order chi connectivity index (χ0) is 16.6. The summed E-state index contributed by atoms with van der Waals surface area (Å²) < 4.78 is 47.1. The Morgan fingerprint density at radius 2 is 2.17 bits per heavy atom. The third-order valence-electron chi connectivity index (χ3n) is 3.08. The number of halogens is 3. The molecule has 9 heteroatoms. The second kappa shape index (κ2) is 5.41. The van der Waals surface area contributed by atoms with Gasteiger partial charge in [-0.2, -0.15) is 13.2 Å². The molecular formula is C14H10F3N3O3. The molecule has 0 aliphatic heterocycles. The van der Waals surface area contributed by atoms with E-state index in [2.05, 4.69) is 10.1 Å². The van der Waals surface area contributed by atoms with E-state index in [1.807, 2.05) is 5.32 Å². The highest BCUT2D eigenvalue weighted by molar-refractivity contribution is 6.06. The van der Waals surface area contributed by atoms with Crippen LogP contribution < -0.4 is 5.32 Å². The first-order valence-corrected chi connectivity index (χ1v) is 6.51. The predicted molar refractivity (Wildman–Crippen MR) is 72.6 cm³/mol. The number of amides is 1. The van der Waals surface area contributed by atoms with E-state index < -0.39 is 18.6 Å². The zero-order valence-electron chi connectivity index (χ0n) is 11.8. The highest BCUT2D eigenvalue weighted by Crippen LogP contribution is 2.27. The van der Waals surface area contributed by atoms with Gasteiger partial charge in [0.1, 0.15) is 12.2 Å². The van der Waals surface area contributed by atoms with E-state index in [9.17, 15) is 18.0 Å². The van der Waals surface area contributed by atoms with Gasteiger partial charge in [-0.25, -0.2) is 4.98 Å². The molecule has 3 rings (SSSR count). The van der Waals surface area contributed by atoms with Crippen LogP contribution in [-0.4, -0.2) is 28.8 Å². The summed E-state index contributed by atoms with van der Waals surface area (Å²) >= 11 is 0. The van der Waals surface area contributed by atoms with E-state index in [1.165, 1.54) is 12.3 Å². The Kier molecular flexibility index (Phi) is 3.55. The fraction of sp³-hybridized carbons (Fsp3) is 0.214. The monoisotopic (exact) mass is 325 g/mol. The Morgan fingerprint density at radius 3 is 2.83 bits per heavy atom. The van der Waals surface area contributed by atoms with E-state index in [0.717, 1.165) is 0 Å². The van der Waals surface area contributed by atoms with Crippen LogP contribution in [0.3, 0.4) is 0 Å². The van der Waals surface area contributed by atoms with Crippen molar-refractivity contribution in [3.05, 3.63) is 35.7 Å². The van der Waals surface area contributed by atoms with Crippen molar-refractivity contribution >= 4 is 17.0 Å². The number of carbonyl (C=O) groups is 1. The highest BCUT2D eigenvalue weighted by atomic mass is 19.4. The van der Waals surface area contributed by atoms with Gasteiger partial charge >= 0.3 is 6.18 Å². The first-order chi connectivity index (χ1) is 10.8. The summed E-state index contributed by atoms with van der Waals surface area (Å²) in [6.07, 6.45) is -3.09. The Bertz CT molecular complexity index is 853. The molecule has 0 spiro atoms. The summed E-state index contributed by atoms with van der Waals surface area (Å²) in [5.41, 5.74) is 0.657. The highest BCUT2D eigenvalue weighted by Gasteiger charge is 2.29. The van der Waals surface area contributed by atoms with Crippen LogP contribution in [0.2, 0.25) is 0 Å². The Balaban J connectivity index is 2.06. The molecule has 3 aromatic rings. The maximum Gasteiger partial charge on any atom is 0.405 e. The van der Waals surface area contributed by atoms with Gasteiger partial charge in [-0.15, -0.1) is 0 Å². The van der Waals surface area contributed by atoms with E-state index >= 15 is 0 Å². The number of carbonyl (C=O) groups excluding carboxylic acids is 1. The summed E-state index contributed by atoms with van der Waals surface area (Å²) in [4.78, 5) is 16.3. The largest absolute Gasteiger partial charge is 0.463 e. The number of alkyl halides is 3. The van der Waals surface area contributed by atoms with Crippen LogP contribution >= 0.6 is 0 Å². The minimum absolute atomic E-state index is 0.00981. The first kappa shape index (κ1) is 15.1. The lowest BCUT2D eigenvalue weighted by Crippen LogP contribution is -2.33. The van der Waals surface area contributed by atoms with E-state index in [1.54, 1.807) is 19.1 Å². The van der Waals surface area contributed by atoms with Gasteiger partial charge in [0.15, 0.2) is 5.76 Å². The molecule has 0 fully saturated rings. The average molecular weight is 325 g/mol. The second-order valence-corrected chi connectivity index (χ2v) is 4.78. The van der Waals surface area contributed by atoms with Gasteiger partial charge in [0, 0.05) is 0 Å². The smallest absolute Gasteiger partial charge is 0.405 e. The Hall–Kier alpha value is -2.84. The average Bonchev–Trinajstić information content (AvgIpc) is 3.13. The first-order valence-electron chi connectivity index (χ1n) is 6.51.